The Labute approximate surface area is 162 Å². The average molecular weight is 390 g/mol. The Kier molecular flexibility index (Phi) is 8.28. The normalized spacial score (nSPS) is 10.6. The Balaban J connectivity index is 1.83. The fourth-order valence-corrected chi connectivity index (χ4v) is 2.12. The van der Waals surface area contributed by atoms with E-state index in [0.29, 0.717) is 29.5 Å². The molecule has 8 heteroatoms. The molecule has 0 aliphatic rings. The predicted molar refractivity (Wildman–Crippen MR) is 103 cm³/mol. The van der Waals surface area contributed by atoms with E-state index in [1.54, 1.807) is 30.3 Å². The number of rotatable bonds is 8. The largest absolute Gasteiger partial charge is 0.489 e. The SMILES string of the molecule is COCCNC(=O)C(=O)N/N=C\c1cccc(OCc2ccc(Cl)cc2)c1. The van der Waals surface area contributed by atoms with Crippen LogP contribution in [0.2, 0.25) is 5.02 Å². The molecule has 0 unspecified atom stereocenters. The van der Waals surface area contributed by atoms with E-state index in [1.807, 2.05) is 18.2 Å². The van der Waals surface area contributed by atoms with Gasteiger partial charge in [-0.3, -0.25) is 9.59 Å². The third-order valence-corrected chi connectivity index (χ3v) is 3.61. The van der Waals surface area contributed by atoms with Gasteiger partial charge in [-0.05, 0) is 35.4 Å². The predicted octanol–water partition coefficient (Wildman–Crippen LogP) is 2.13. The summed E-state index contributed by atoms with van der Waals surface area (Å²) in [6.07, 6.45) is 1.43. The highest BCUT2D eigenvalue weighted by molar-refractivity contribution is 6.35. The van der Waals surface area contributed by atoms with Crippen LogP contribution in [-0.4, -0.2) is 38.3 Å². The van der Waals surface area contributed by atoms with Crippen molar-refractivity contribution in [3.63, 3.8) is 0 Å². The number of halogens is 1. The van der Waals surface area contributed by atoms with E-state index in [1.165, 1.54) is 13.3 Å². The van der Waals surface area contributed by atoms with Crippen molar-refractivity contribution in [1.29, 1.82) is 0 Å². The van der Waals surface area contributed by atoms with Gasteiger partial charge in [0, 0.05) is 18.7 Å². The second-order valence-electron chi connectivity index (χ2n) is 5.44. The standard InChI is InChI=1S/C19H20ClN3O4/c1-26-10-9-21-18(24)19(25)23-22-12-15-3-2-4-17(11-15)27-13-14-5-7-16(20)8-6-14/h2-8,11-12H,9-10,13H2,1H3,(H,21,24)(H,23,25)/b22-12-. The van der Waals surface area contributed by atoms with Crippen molar-refractivity contribution >= 4 is 29.6 Å². The van der Waals surface area contributed by atoms with Crippen LogP contribution in [0.25, 0.3) is 0 Å². The fourth-order valence-electron chi connectivity index (χ4n) is 2.00. The molecule has 2 aromatic carbocycles. The van der Waals surface area contributed by atoms with E-state index in [4.69, 9.17) is 21.1 Å². The summed E-state index contributed by atoms with van der Waals surface area (Å²) in [5, 5.41) is 6.84. The van der Waals surface area contributed by atoms with Gasteiger partial charge in [-0.15, -0.1) is 0 Å². The van der Waals surface area contributed by atoms with Gasteiger partial charge < -0.3 is 14.8 Å². The summed E-state index contributed by atoms with van der Waals surface area (Å²) >= 11 is 5.86. The number of benzene rings is 2. The van der Waals surface area contributed by atoms with Crippen molar-refractivity contribution in [2.24, 2.45) is 5.10 Å². The molecule has 0 aliphatic heterocycles. The number of nitrogens with one attached hydrogen (secondary N) is 2. The van der Waals surface area contributed by atoms with Crippen LogP contribution >= 0.6 is 11.6 Å². The van der Waals surface area contributed by atoms with Crippen LogP contribution in [0.4, 0.5) is 0 Å². The van der Waals surface area contributed by atoms with Gasteiger partial charge in [-0.1, -0.05) is 35.9 Å². The molecule has 0 radical (unpaired) electrons. The van der Waals surface area contributed by atoms with Gasteiger partial charge >= 0.3 is 11.8 Å². The van der Waals surface area contributed by atoms with Gasteiger partial charge in [0.1, 0.15) is 12.4 Å². The van der Waals surface area contributed by atoms with Crippen LogP contribution in [0.1, 0.15) is 11.1 Å². The maximum absolute atomic E-state index is 11.6. The maximum atomic E-state index is 11.6. The summed E-state index contributed by atoms with van der Waals surface area (Å²) in [7, 11) is 1.50. The zero-order chi connectivity index (χ0) is 19.5. The molecule has 0 fully saturated rings. The number of carbonyl (C=O) groups is 2. The molecule has 0 heterocycles. The first-order valence-electron chi connectivity index (χ1n) is 8.16. The van der Waals surface area contributed by atoms with Crippen molar-refractivity contribution in [3.8, 4) is 5.75 Å². The van der Waals surface area contributed by atoms with Gasteiger partial charge in [0.2, 0.25) is 0 Å². The van der Waals surface area contributed by atoms with Gasteiger partial charge in [0.15, 0.2) is 0 Å². The molecule has 0 atom stereocenters. The summed E-state index contributed by atoms with van der Waals surface area (Å²) in [6.45, 7) is 0.973. The minimum atomic E-state index is -0.850. The van der Waals surface area contributed by atoms with E-state index in [-0.39, 0.29) is 6.54 Å². The molecular weight excluding hydrogens is 370 g/mol. The number of hydrogen-bond donors (Lipinski definition) is 2. The van der Waals surface area contributed by atoms with Crippen LogP contribution in [-0.2, 0) is 20.9 Å². The molecule has 0 aromatic heterocycles. The van der Waals surface area contributed by atoms with Crippen LogP contribution in [0.3, 0.4) is 0 Å². The molecule has 2 amide bonds. The molecule has 0 aliphatic carbocycles. The highest BCUT2D eigenvalue weighted by atomic mass is 35.5. The highest BCUT2D eigenvalue weighted by Gasteiger charge is 2.11. The Hall–Kier alpha value is -2.90. The number of nitrogens with zero attached hydrogens (tertiary/aromatic N) is 1. The summed E-state index contributed by atoms with van der Waals surface area (Å²) < 4.78 is 10.5. The summed E-state index contributed by atoms with van der Waals surface area (Å²) in [5.41, 5.74) is 3.87. The van der Waals surface area contributed by atoms with E-state index in [2.05, 4.69) is 15.8 Å². The van der Waals surface area contributed by atoms with Crippen molar-refractivity contribution in [1.82, 2.24) is 10.7 Å². The second-order valence-corrected chi connectivity index (χ2v) is 5.87. The van der Waals surface area contributed by atoms with Crippen molar-refractivity contribution in [2.45, 2.75) is 6.61 Å². The molecule has 2 aromatic rings. The van der Waals surface area contributed by atoms with E-state index in [0.717, 1.165) is 5.56 Å². The van der Waals surface area contributed by atoms with Crippen LogP contribution in [0.15, 0.2) is 53.6 Å². The Morgan fingerprint density at radius 2 is 1.93 bits per heavy atom. The molecule has 0 bridgehead atoms. The van der Waals surface area contributed by atoms with Crippen molar-refractivity contribution in [2.75, 3.05) is 20.3 Å². The number of hydrogen-bond acceptors (Lipinski definition) is 5. The molecule has 2 rings (SSSR count). The van der Waals surface area contributed by atoms with Crippen LogP contribution < -0.4 is 15.5 Å². The molecule has 27 heavy (non-hydrogen) atoms. The smallest absolute Gasteiger partial charge is 0.329 e. The lowest BCUT2D eigenvalue weighted by Crippen LogP contribution is -2.39. The van der Waals surface area contributed by atoms with Gasteiger partial charge in [0.25, 0.3) is 0 Å². The van der Waals surface area contributed by atoms with E-state index < -0.39 is 11.8 Å². The molecule has 0 saturated carbocycles. The highest BCUT2D eigenvalue weighted by Crippen LogP contribution is 2.15. The number of methoxy groups -OCH3 is 1. The third-order valence-electron chi connectivity index (χ3n) is 3.35. The van der Waals surface area contributed by atoms with Crippen molar-refractivity contribution in [3.05, 3.63) is 64.7 Å². The quantitative estimate of drug-likeness (QED) is 0.313. The molecule has 7 nitrogen and oxygen atoms in total. The second kappa shape index (κ2) is 10.9. The first kappa shape index (κ1) is 20.4. The Bertz CT molecular complexity index is 794. The monoisotopic (exact) mass is 389 g/mol. The minimum Gasteiger partial charge on any atom is -0.489 e. The number of amides is 2. The van der Waals surface area contributed by atoms with E-state index >= 15 is 0 Å². The van der Waals surface area contributed by atoms with Crippen LogP contribution in [0.5, 0.6) is 5.75 Å². The molecule has 0 spiro atoms. The first-order valence-corrected chi connectivity index (χ1v) is 8.54. The maximum Gasteiger partial charge on any atom is 0.329 e. The number of carbonyl (C=O) groups excluding carboxylic acids is 2. The van der Waals surface area contributed by atoms with Gasteiger partial charge in [-0.25, -0.2) is 5.43 Å². The van der Waals surface area contributed by atoms with Gasteiger partial charge in [-0.2, -0.15) is 5.10 Å². The Morgan fingerprint density at radius 1 is 1.15 bits per heavy atom. The van der Waals surface area contributed by atoms with Gasteiger partial charge in [0.05, 0.1) is 12.8 Å². The third kappa shape index (κ3) is 7.47. The lowest BCUT2D eigenvalue weighted by Gasteiger charge is -2.07. The fraction of sp³-hybridized carbons (Fsp3) is 0.211. The molecule has 2 N–H and O–H groups in total. The molecule has 142 valence electrons. The van der Waals surface area contributed by atoms with E-state index in [9.17, 15) is 9.59 Å². The average Bonchev–Trinajstić information content (AvgIpc) is 2.68. The summed E-state index contributed by atoms with van der Waals surface area (Å²) in [4.78, 5) is 23.0. The lowest BCUT2D eigenvalue weighted by molar-refractivity contribution is -0.139. The first-order chi connectivity index (χ1) is 13.1. The topological polar surface area (TPSA) is 89.0 Å². The zero-order valence-electron chi connectivity index (χ0n) is 14.8. The molecular formula is C19H20ClN3O4. The number of hydrazone groups is 1. The van der Waals surface area contributed by atoms with Crippen molar-refractivity contribution < 1.29 is 19.1 Å². The summed E-state index contributed by atoms with van der Waals surface area (Å²) in [5.74, 6) is -0.973. The lowest BCUT2D eigenvalue weighted by atomic mass is 10.2. The molecule has 0 saturated heterocycles. The summed E-state index contributed by atoms with van der Waals surface area (Å²) in [6, 6.07) is 14.6. The number of ether oxygens (including phenoxy) is 2. The minimum absolute atomic E-state index is 0.249. The van der Waals surface area contributed by atoms with Crippen LogP contribution in [0, 0.1) is 0 Å². The Morgan fingerprint density at radius 3 is 2.67 bits per heavy atom. The zero-order valence-corrected chi connectivity index (χ0v) is 15.5.